The van der Waals surface area contributed by atoms with E-state index in [4.69, 9.17) is 0 Å². The first kappa shape index (κ1) is 14.7. The molecule has 0 spiro atoms. The molecule has 0 bridgehead atoms. The molecule has 0 atom stereocenters. The van der Waals surface area contributed by atoms with Crippen molar-refractivity contribution in [2.24, 2.45) is 0 Å². The largest absolute Gasteiger partial charge is 0.355 e. The maximum absolute atomic E-state index is 12.0. The number of nitrogens with zero attached hydrogens (tertiary/aromatic N) is 1. The fraction of sp³-hybridized carbons (Fsp3) is 0.600. The molecule has 0 radical (unpaired) electrons. The van der Waals surface area contributed by atoms with E-state index in [2.05, 4.69) is 20.2 Å². The van der Waals surface area contributed by atoms with E-state index in [1.165, 1.54) is 0 Å². The van der Waals surface area contributed by atoms with Crippen molar-refractivity contribution >= 4 is 15.9 Å². The van der Waals surface area contributed by atoms with Gasteiger partial charge in [-0.2, -0.15) is 5.10 Å². The number of carbonyl (C=O) groups is 1. The fourth-order valence-corrected chi connectivity index (χ4v) is 2.92. The standard InChI is InChI=1S/C10H18N4O3S/c1-4-9(15)11-5-6-12-18(16,17)10-7(2)13-14-8(10)3/h12H,4-6H2,1-3H3,(H,11,15)(H,13,14). The molecule has 1 aromatic rings. The van der Waals surface area contributed by atoms with Crippen LogP contribution < -0.4 is 10.0 Å². The average molecular weight is 274 g/mol. The normalized spacial score (nSPS) is 11.5. The van der Waals surface area contributed by atoms with Gasteiger partial charge < -0.3 is 5.32 Å². The summed E-state index contributed by atoms with van der Waals surface area (Å²) >= 11 is 0. The number of aromatic amines is 1. The van der Waals surface area contributed by atoms with Crippen LogP contribution in [0.3, 0.4) is 0 Å². The summed E-state index contributed by atoms with van der Waals surface area (Å²) in [5, 5.41) is 9.05. The minimum Gasteiger partial charge on any atom is -0.355 e. The Kier molecular flexibility index (Phi) is 4.85. The third-order valence-corrected chi connectivity index (χ3v) is 4.11. The first-order valence-electron chi connectivity index (χ1n) is 5.66. The molecule has 1 rings (SSSR count). The molecule has 0 saturated carbocycles. The average Bonchev–Trinajstić information content (AvgIpc) is 2.64. The first-order valence-corrected chi connectivity index (χ1v) is 7.14. The van der Waals surface area contributed by atoms with E-state index in [0.717, 1.165) is 0 Å². The van der Waals surface area contributed by atoms with E-state index >= 15 is 0 Å². The third kappa shape index (κ3) is 3.54. The second kappa shape index (κ2) is 5.96. The lowest BCUT2D eigenvalue weighted by molar-refractivity contribution is -0.120. The van der Waals surface area contributed by atoms with Crippen LogP contribution in [-0.4, -0.2) is 37.6 Å². The Hall–Kier alpha value is -1.41. The highest BCUT2D eigenvalue weighted by Gasteiger charge is 2.21. The van der Waals surface area contributed by atoms with Crippen LogP contribution in [0.4, 0.5) is 0 Å². The minimum absolute atomic E-state index is 0.107. The lowest BCUT2D eigenvalue weighted by Crippen LogP contribution is -2.34. The third-order valence-electron chi connectivity index (χ3n) is 2.39. The predicted octanol–water partition coefficient (Wildman–Crippen LogP) is -0.169. The monoisotopic (exact) mass is 274 g/mol. The summed E-state index contributed by atoms with van der Waals surface area (Å²) in [5.74, 6) is -0.107. The van der Waals surface area contributed by atoms with Gasteiger partial charge in [0.1, 0.15) is 4.90 Å². The molecule has 8 heteroatoms. The number of hydrogen-bond acceptors (Lipinski definition) is 4. The first-order chi connectivity index (χ1) is 8.38. The topological polar surface area (TPSA) is 104 Å². The van der Waals surface area contributed by atoms with Gasteiger partial charge in [-0.1, -0.05) is 6.92 Å². The molecular formula is C10H18N4O3S. The number of aryl methyl sites for hydroxylation is 2. The van der Waals surface area contributed by atoms with Crippen LogP contribution in [0.2, 0.25) is 0 Å². The van der Waals surface area contributed by atoms with Crippen molar-refractivity contribution in [3.8, 4) is 0 Å². The molecule has 102 valence electrons. The highest BCUT2D eigenvalue weighted by Crippen LogP contribution is 2.15. The van der Waals surface area contributed by atoms with Crippen molar-refractivity contribution < 1.29 is 13.2 Å². The van der Waals surface area contributed by atoms with Crippen LogP contribution in [0.25, 0.3) is 0 Å². The lowest BCUT2D eigenvalue weighted by atomic mass is 10.4. The Labute approximate surface area is 106 Å². The summed E-state index contributed by atoms with van der Waals surface area (Å²) < 4.78 is 26.4. The highest BCUT2D eigenvalue weighted by molar-refractivity contribution is 7.89. The van der Waals surface area contributed by atoms with Crippen LogP contribution in [0, 0.1) is 13.8 Å². The number of hydrogen-bond donors (Lipinski definition) is 3. The van der Waals surface area contributed by atoms with Crippen LogP contribution in [0.5, 0.6) is 0 Å². The zero-order chi connectivity index (χ0) is 13.8. The van der Waals surface area contributed by atoms with Crippen molar-refractivity contribution in [3.05, 3.63) is 11.4 Å². The number of nitrogens with one attached hydrogen (secondary N) is 3. The molecule has 1 amide bonds. The Morgan fingerprint density at radius 3 is 2.50 bits per heavy atom. The molecule has 0 unspecified atom stereocenters. The molecule has 0 aliphatic carbocycles. The maximum Gasteiger partial charge on any atom is 0.244 e. The molecule has 1 heterocycles. The molecule has 0 aliphatic rings. The number of amides is 1. The minimum atomic E-state index is -3.58. The van der Waals surface area contributed by atoms with Crippen LogP contribution >= 0.6 is 0 Å². The highest BCUT2D eigenvalue weighted by atomic mass is 32.2. The van der Waals surface area contributed by atoms with E-state index in [1.807, 2.05) is 0 Å². The van der Waals surface area contributed by atoms with Gasteiger partial charge in [0, 0.05) is 19.5 Å². The summed E-state index contributed by atoms with van der Waals surface area (Å²) in [7, 11) is -3.58. The SMILES string of the molecule is CCC(=O)NCCNS(=O)(=O)c1c(C)n[nH]c1C. The van der Waals surface area contributed by atoms with Gasteiger partial charge in [0.2, 0.25) is 15.9 Å². The van der Waals surface area contributed by atoms with Gasteiger partial charge in [-0.3, -0.25) is 9.89 Å². The molecule has 0 aromatic carbocycles. The zero-order valence-electron chi connectivity index (χ0n) is 10.7. The number of sulfonamides is 1. The summed E-state index contributed by atoms with van der Waals surface area (Å²) in [6, 6.07) is 0. The van der Waals surface area contributed by atoms with Crippen LogP contribution in [0.1, 0.15) is 24.7 Å². The van der Waals surface area contributed by atoms with Crippen LogP contribution in [0.15, 0.2) is 4.90 Å². The van der Waals surface area contributed by atoms with Gasteiger partial charge in [-0.25, -0.2) is 13.1 Å². The maximum atomic E-state index is 12.0. The Morgan fingerprint density at radius 2 is 2.00 bits per heavy atom. The molecule has 0 aliphatic heterocycles. The number of carbonyl (C=O) groups excluding carboxylic acids is 1. The Bertz CT molecular complexity index is 502. The molecule has 7 nitrogen and oxygen atoms in total. The number of rotatable bonds is 6. The molecule has 0 saturated heterocycles. The molecule has 0 fully saturated rings. The Morgan fingerprint density at radius 1 is 1.33 bits per heavy atom. The van der Waals surface area contributed by atoms with Crippen molar-refractivity contribution in [2.75, 3.05) is 13.1 Å². The molecule has 18 heavy (non-hydrogen) atoms. The van der Waals surface area contributed by atoms with Gasteiger partial charge in [0.25, 0.3) is 0 Å². The predicted molar refractivity (Wildman–Crippen MR) is 66.6 cm³/mol. The quantitative estimate of drug-likeness (QED) is 0.626. The van der Waals surface area contributed by atoms with Crippen molar-refractivity contribution in [3.63, 3.8) is 0 Å². The molecular weight excluding hydrogens is 256 g/mol. The van der Waals surface area contributed by atoms with Crippen molar-refractivity contribution in [2.45, 2.75) is 32.1 Å². The van der Waals surface area contributed by atoms with Gasteiger partial charge in [-0.15, -0.1) is 0 Å². The van der Waals surface area contributed by atoms with Gasteiger partial charge in [-0.05, 0) is 13.8 Å². The van der Waals surface area contributed by atoms with E-state index in [9.17, 15) is 13.2 Å². The fourth-order valence-electron chi connectivity index (χ4n) is 1.52. The van der Waals surface area contributed by atoms with Gasteiger partial charge in [0.15, 0.2) is 0 Å². The smallest absolute Gasteiger partial charge is 0.244 e. The van der Waals surface area contributed by atoms with E-state index in [1.54, 1.807) is 20.8 Å². The summed E-state index contributed by atoms with van der Waals surface area (Å²) in [4.78, 5) is 11.1. The zero-order valence-corrected chi connectivity index (χ0v) is 11.5. The Balaban J connectivity index is 2.59. The molecule has 3 N–H and O–H groups in total. The second-order valence-corrected chi connectivity index (χ2v) is 5.57. The molecule has 1 aromatic heterocycles. The number of H-pyrrole nitrogens is 1. The number of aromatic nitrogens is 2. The summed E-state index contributed by atoms with van der Waals surface area (Å²) in [6.45, 7) is 5.42. The van der Waals surface area contributed by atoms with E-state index in [0.29, 0.717) is 17.8 Å². The second-order valence-electron chi connectivity index (χ2n) is 3.86. The van der Waals surface area contributed by atoms with Crippen molar-refractivity contribution in [1.82, 2.24) is 20.2 Å². The lowest BCUT2D eigenvalue weighted by Gasteiger charge is -2.07. The summed E-state index contributed by atoms with van der Waals surface area (Å²) in [5.41, 5.74) is 0.926. The summed E-state index contributed by atoms with van der Waals surface area (Å²) in [6.07, 6.45) is 0.382. The van der Waals surface area contributed by atoms with Crippen molar-refractivity contribution in [1.29, 1.82) is 0 Å². The van der Waals surface area contributed by atoms with E-state index in [-0.39, 0.29) is 23.9 Å². The van der Waals surface area contributed by atoms with E-state index < -0.39 is 10.0 Å². The van der Waals surface area contributed by atoms with Gasteiger partial charge >= 0.3 is 0 Å². The van der Waals surface area contributed by atoms with Crippen LogP contribution in [-0.2, 0) is 14.8 Å². The van der Waals surface area contributed by atoms with Gasteiger partial charge in [0.05, 0.1) is 11.4 Å².